The molecular weight excluding hydrogens is 400 g/mol. The lowest BCUT2D eigenvalue weighted by atomic mass is 10.0. The van der Waals surface area contributed by atoms with Crippen LogP contribution in [-0.4, -0.2) is 62.1 Å². The van der Waals surface area contributed by atoms with Gasteiger partial charge in [-0.3, -0.25) is 9.69 Å². The molecule has 1 aromatic heterocycles. The minimum absolute atomic E-state index is 0.0352. The summed E-state index contributed by atoms with van der Waals surface area (Å²) in [5.74, 6) is 0.242. The smallest absolute Gasteiger partial charge is 0.327 e. The van der Waals surface area contributed by atoms with Gasteiger partial charge in [0.05, 0.1) is 14.2 Å². The number of thiophene rings is 1. The van der Waals surface area contributed by atoms with E-state index >= 15 is 0 Å². The lowest BCUT2D eigenvalue weighted by Gasteiger charge is -2.38. The first-order chi connectivity index (χ1) is 13.4. The highest BCUT2D eigenvalue weighted by Crippen LogP contribution is 2.31. The maximum atomic E-state index is 12.9. The lowest BCUT2D eigenvalue weighted by molar-refractivity contribution is -0.148. The van der Waals surface area contributed by atoms with Gasteiger partial charge in [-0.1, -0.05) is 23.7 Å². The molecule has 6 nitrogen and oxygen atoms in total. The Labute approximate surface area is 173 Å². The van der Waals surface area contributed by atoms with Crippen molar-refractivity contribution in [1.82, 2.24) is 9.80 Å². The Morgan fingerprint density at radius 2 is 1.86 bits per heavy atom. The van der Waals surface area contributed by atoms with Crippen molar-refractivity contribution in [2.24, 2.45) is 0 Å². The van der Waals surface area contributed by atoms with E-state index in [1.807, 2.05) is 30.0 Å². The molecule has 1 saturated heterocycles. The third-order valence-corrected chi connectivity index (χ3v) is 6.05. The zero-order valence-corrected chi connectivity index (χ0v) is 17.7. The number of piperazine rings is 1. The van der Waals surface area contributed by atoms with Crippen LogP contribution in [0.3, 0.4) is 0 Å². The molecule has 8 heteroatoms. The second kappa shape index (κ2) is 8.94. The summed E-state index contributed by atoms with van der Waals surface area (Å²) in [6.45, 7) is 4.11. The topological polar surface area (TPSA) is 59.1 Å². The Morgan fingerprint density at radius 1 is 1.14 bits per heavy atom. The summed E-state index contributed by atoms with van der Waals surface area (Å²) >= 11 is 7.54. The first-order valence-electron chi connectivity index (χ1n) is 8.95. The number of amides is 1. The zero-order valence-electron chi connectivity index (χ0n) is 16.1. The standard InChI is InChI=1S/C20H23ClN2O4S/c1-13-11-16(26-2)18(28-13)19(24)23-9-7-22(8-10-23)17(20(25)27-3)14-5-4-6-15(21)12-14/h4-6,11-12,17H,7-10H2,1-3H3. The molecule has 3 rings (SSSR count). The number of nitrogens with zero attached hydrogens (tertiary/aromatic N) is 2. The van der Waals surface area contributed by atoms with Gasteiger partial charge in [0.1, 0.15) is 16.7 Å². The Hall–Kier alpha value is -2.09. The van der Waals surface area contributed by atoms with Gasteiger partial charge in [-0.15, -0.1) is 11.3 Å². The molecule has 150 valence electrons. The highest BCUT2D eigenvalue weighted by atomic mass is 35.5. The van der Waals surface area contributed by atoms with Crippen molar-refractivity contribution in [2.75, 3.05) is 40.4 Å². The van der Waals surface area contributed by atoms with Gasteiger partial charge in [0, 0.05) is 36.1 Å². The van der Waals surface area contributed by atoms with Gasteiger partial charge in [0.25, 0.3) is 5.91 Å². The molecule has 1 aliphatic heterocycles. The van der Waals surface area contributed by atoms with E-state index < -0.39 is 6.04 Å². The van der Waals surface area contributed by atoms with Gasteiger partial charge in [-0.05, 0) is 30.7 Å². The molecule has 1 unspecified atom stereocenters. The summed E-state index contributed by atoms with van der Waals surface area (Å²) in [6.07, 6.45) is 0. The largest absolute Gasteiger partial charge is 0.495 e. The van der Waals surface area contributed by atoms with Crippen LogP contribution < -0.4 is 4.74 Å². The molecule has 0 saturated carbocycles. The fraction of sp³-hybridized carbons (Fsp3) is 0.400. The zero-order chi connectivity index (χ0) is 20.3. The minimum Gasteiger partial charge on any atom is -0.495 e. The molecule has 2 heterocycles. The highest BCUT2D eigenvalue weighted by Gasteiger charge is 2.33. The van der Waals surface area contributed by atoms with Crippen LogP contribution in [0.15, 0.2) is 30.3 Å². The molecule has 28 heavy (non-hydrogen) atoms. The van der Waals surface area contributed by atoms with Gasteiger partial charge in [-0.2, -0.15) is 0 Å². The summed E-state index contributed by atoms with van der Waals surface area (Å²) in [6, 6.07) is 8.56. The highest BCUT2D eigenvalue weighted by molar-refractivity contribution is 7.14. The molecule has 1 aliphatic rings. The van der Waals surface area contributed by atoms with Gasteiger partial charge < -0.3 is 14.4 Å². The summed E-state index contributed by atoms with van der Waals surface area (Å²) in [7, 11) is 2.95. The van der Waals surface area contributed by atoms with Crippen molar-refractivity contribution < 1.29 is 19.1 Å². The van der Waals surface area contributed by atoms with Gasteiger partial charge in [-0.25, -0.2) is 4.79 Å². The molecule has 1 atom stereocenters. The quantitative estimate of drug-likeness (QED) is 0.691. The van der Waals surface area contributed by atoms with Crippen LogP contribution in [0.5, 0.6) is 5.75 Å². The number of rotatable bonds is 5. The Balaban J connectivity index is 1.73. The first-order valence-corrected chi connectivity index (χ1v) is 10.1. The SMILES string of the molecule is COC(=O)C(c1cccc(Cl)c1)N1CCN(C(=O)c2sc(C)cc2OC)CC1. The summed E-state index contributed by atoms with van der Waals surface area (Å²) < 4.78 is 10.3. The van der Waals surface area contributed by atoms with E-state index in [9.17, 15) is 9.59 Å². The number of benzene rings is 1. The fourth-order valence-corrected chi connectivity index (χ4v) is 4.55. The van der Waals surface area contributed by atoms with Crippen molar-refractivity contribution >= 4 is 34.8 Å². The van der Waals surface area contributed by atoms with Gasteiger partial charge in [0.15, 0.2) is 0 Å². The van der Waals surface area contributed by atoms with Gasteiger partial charge >= 0.3 is 5.97 Å². The molecule has 1 fully saturated rings. The predicted octanol–water partition coefficient (Wildman–Crippen LogP) is 3.39. The second-order valence-electron chi connectivity index (χ2n) is 6.56. The van der Waals surface area contributed by atoms with E-state index in [2.05, 4.69) is 0 Å². The molecule has 2 aromatic rings. The van der Waals surface area contributed by atoms with E-state index in [0.29, 0.717) is 41.8 Å². The summed E-state index contributed by atoms with van der Waals surface area (Å²) in [5.41, 5.74) is 0.787. The van der Waals surface area contributed by atoms with Crippen molar-refractivity contribution in [3.63, 3.8) is 0 Å². The van der Waals surface area contributed by atoms with Crippen LogP contribution in [0.4, 0.5) is 0 Å². The predicted molar refractivity (Wildman–Crippen MR) is 109 cm³/mol. The maximum absolute atomic E-state index is 12.9. The second-order valence-corrected chi connectivity index (χ2v) is 8.26. The summed E-state index contributed by atoms with van der Waals surface area (Å²) in [5, 5.41) is 0.570. The van der Waals surface area contributed by atoms with Crippen molar-refractivity contribution in [3.8, 4) is 5.75 Å². The first kappa shape index (κ1) is 20.6. The number of hydrogen-bond donors (Lipinski definition) is 0. The Bertz CT molecular complexity index is 862. The number of aryl methyl sites for hydroxylation is 1. The average molecular weight is 423 g/mol. The number of carbonyl (C=O) groups is 2. The molecule has 0 aliphatic carbocycles. The van der Waals surface area contributed by atoms with E-state index in [4.69, 9.17) is 21.1 Å². The number of carbonyl (C=O) groups excluding carboxylic acids is 2. The number of halogens is 1. The number of ether oxygens (including phenoxy) is 2. The van der Waals surface area contributed by atoms with Crippen LogP contribution >= 0.6 is 22.9 Å². The van der Waals surface area contributed by atoms with E-state index in [0.717, 1.165) is 10.4 Å². The van der Waals surface area contributed by atoms with Crippen molar-refractivity contribution in [2.45, 2.75) is 13.0 Å². The molecule has 1 amide bonds. The Kier molecular flexibility index (Phi) is 6.59. The average Bonchev–Trinajstić information content (AvgIpc) is 3.09. The third-order valence-electron chi connectivity index (χ3n) is 4.79. The lowest BCUT2D eigenvalue weighted by Crippen LogP contribution is -2.51. The molecule has 0 N–H and O–H groups in total. The van der Waals surface area contributed by atoms with Crippen LogP contribution in [0.25, 0.3) is 0 Å². The van der Waals surface area contributed by atoms with Crippen molar-refractivity contribution in [1.29, 1.82) is 0 Å². The summed E-state index contributed by atoms with van der Waals surface area (Å²) in [4.78, 5) is 30.8. The molecule has 0 radical (unpaired) electrons. The van der Waals surface area contributed by atoms with Gasteiger partial charge in [0.2, 0.25) is 0 Å². The monoisotopic (exact) mass is 422 g/mol. The maximum Gasteiger partial charge on any atom is 0.327 e. The number of methoxy groups -OCH3 is 2. The molecule has 0 spiro atoms. The normalized spacial score (nSPS) is 15.9. The number of esters is 1. The van der Waals surface area contributed by atoms with Crippen LogP contribution in [0, 0.1) is 6.92 Å². The van der Waals surface area contributed by atoms with E-state index in [1.165, 1.54) is 18.4 Å². The van der Waals surface area contributed by atoms with Crippen LogP contribution in [0.2, 0.25) is 5.02 Å². The van der Waals surface area contributed by atoms with Crippen molar-refractivity contribution in [3.05, 3.63) is 50.7 Å². The molecule has 1 aromatic carbocycles. The van der Waals surface area contributed by atoms with Crippen LogP contribution in [-0.2, 0) is 9.53 Å². The Morgan fingerprint density at radius 3 is 2.46 bits per heavy atom. The number of hydrogen-bond acceptors (Lipinski definition) is 6. The molecule has 0 bridgehead atoms. The molecular formula is C20H23ClN2O4S. The van der Waals surface area contributed by atoms with E-state index in [1.54, 1.807) is 24.1 Å². The minimum atomic E-state index is -0.542. The third kappa shape index (κ3) is 4.32. The fourth-order valence-electron chi connectivity index (χ4n) is 3.40. The van der Waals surface area contributed by atoms with E-state index in [-0.39, 0.29) is 11.9 Å². The van der Waals surface area contributed by atoms with Crippen LogP contribution in [0.1, 0.15) is 26.2 Å².